The van der Waals surface area contributed by atoms with Crippen molar-refractivity contribution in [2.75, 3.05) is 0 Å². The molecule has 0 saturated heterocycles. The van der Waals surface area contributed by atoms with Crippen molar-refractivity contribution in [1.29, 1.82) is 5.26 Å². The number of nitriles is 1. The molecule has 0 unspecified atom stereocenters. The molecule has 3 aromatic heterocycles. The van der Waals surface area contributed by atoms with Crippen LogP contribution in [0.1, 0.15) is 5.56 Å². The fourth-order valence-electron chi connectivity index (χ4n) is 3.09. The number of nitrogens with zero attached hydrogens (tertiary/aromatic N) is 4. The molecule has 7 nitrogen and oxygen atoms in total. The lowest BCUT2D eigenvalue weighted by Crippen LogP contribution is -1.92. The summed E-state index contributed by atoms with van der Waals surface area (Å²) in [6.07, 6.45) is 5.02. The summed E-state index contributed by atoms with van der Waals surface area (Å²) in [7, 11) is 0. The quantitative estimate of drug-likeness (QED) is 0.416. The number of benzene rings is 2. The Bertz CT molecular complexity index is 1390. The summed E-state index contributed by atoms with van der Waals surface area (Å²) in [6.45, 7) is 0. The third kappa shape index (κ3) is 3.91. The maximum absolute atomic E-state index is 9.17. The number of pyridine rings is 2. The zero-order chi connectivity index (χ0) is 21.0. The van der Waals surface area contributed by atoms with E-state index in [1.165, 1.54) is 0 Å². The third-order valence-electron chi connectivity index (χ3n) is 4.51. The van der Waals surface area contributed by atoms with E-state index in [0.717, 1.165) is 11.2 Å². The number of imidazole rings is 1. The van der Waals surface area contributed by atoms with Crippen LogP contribution in [0.15, 0.2) is 85.3 Å². The van der Waals surface area contributed by atoms with Gasteiger partial charge in [-0.15, -0.1) is 0 Å². The zero-order valence-electron chi connectivity index (χ0n) is 16.2. The van der Waals surface area contributed by atoms with Gasteiger partial charge in [0.2, 0.25) is 0 Å². The average molecular weight is 405 g/mol. The minimum absolute atomic E-state index is 0.463. The van der Waals surface area contributed by atoms with Crippen molar-refractivity contribution in [2.45, 2.75) is 0 Å². The Morgan fingerprint density at radius 1 is 0.839 bits per heavy atom. The van der Waals surface area contributed by atoms with Crippen molar-refractivity contribution >= 4 is 11.0 Å². The van der Waals surface area contributed by atoms with Crippen molar-refractivity contribution in [2.24, 2.45) is 0 Å². The maximum atomic E-state index is 9.17. The molecule has 1 N–H and O–H groups in total. The predicted molar refractivity (Wildman–Crippen MR) is 115 cm³/mol. The topological polar surface area (TPSA) is 96.7 Å². The van der Waals surface area contributed by atoms with Crippen LogP contribution in [-0.4, -0.2) is 19.9 Å². The van der Waals surface area contributed by atoms with Crippen LogP contribution in [0.3, 0.4) is 0 Å². The first-order valence-electron chi connectivity index (χ1n) is 9.49. The van der Waals surface area contributed by atoms with Gasteiger partial charge in [0.05, 0.1) is 28.9 Å². The van der Waals surface area contributed by atoms with E-state index in [-0.39, 0.29) is 0 Å². The molecule has 0 fully saturated rings. The molecule has 0 saturated carbocycles. The van der Waals surface area contributed by atoms with Crippen LogP contribution in [0.25, 0.3) is 22.6 Å². The third-order valence-corrected chi connectivity index (χ3v) is 4.51. The lowest BCUT2D eigenvalue weighted by Gasteiger charge is -2.12. The first-order valence-corrected chi connectivity index (χ1v) is 9.49. The number of fused-ring (bicyclic) bond motifs is 1. The molecule has 0 aliphatic rings. The average Bonchev–Trinajstić information content (AvgIpc) is 3.23. The second-order valence-corrected chi connectivity index (χ2v) is 6.65. The van der Waals surface area contributed by atoms with Crippen LogP contribution >= 0.6 is 0 Å². The molecule has 0 amide bonds. The van der Waals surface area contributed by atoms with Gasteiger partial charge in [-0.1, -0.05) is 12.1 Å². The Morgan fingerprint density at radius 3 is 2.52 bits per heavy atom. The van der Waals surface area contributed by atoms with Crippen LogP contribution in [0.2, 0.25) is 0 Å². The SMILES string of the molecule is N#Cc1cccc(Oc2cc3nc(-c4ccccn4)[nH]c3cc2Oc2cccnc2)c1. The van der Waals surface area contributed by atoms with Crippen LogP contribution in [0.5, 0.6) is 23.0 Å². The van der Waals surface area contributed by atoms with E-state index in [9.17, 15) is 5.26 Å². The molecule has 2 aromatic carbocycles. The van der Waals surface area contributed by atoms with Gasteiger partial charge in [0.15, 0.2) is 17.3 Å². The van der Waals surface area contributed by atoms with Gasteiger partial charge in [0.1, 0.15) is 17.2 Å². The standard InChI is InChI=1S/C24H15N5O2/c25-14-16-5-3-6-17(11-16)30-22-12-20-21(13-23(22)31-18-7-4-9-26-15-18)29-24(28-20)19-8-1-2-10-27-19/h1-13,15H,(H,28,29). The molecule has 3 heterocycles. The van der Waals surface area contributed by atoms with Crippen molar-refractivity contribution in [3.05, 3.63) is 90.9 Å². The van der Waals surface area contributed by atoms with Crippen molar-refractivity contribution in [1.82, 2.24) is 19.9 Å². The fraction of sp³-hybridized carbons (Fsp3) is 0. The largest absolute Gasteiger partial charge is 0.453 e. The molecule has 5 rings (SSSR count). The number of aromatic nitrogens is 4. The molecule has 7 heteroatoms. The lowest BCUT2D eigenvalue weighted by atomic mass is 10.2. The van der Waals surface area contributed by atoms with Gasteiger partial charge in [0, 0.05) is 24.5 Å². The van der Waals surface area contributed by atoms with Crippen LogP contribution < -0.4 is 9.47 Å². The van der Waals surface area contributed by atoms with Crippen LogP contribution in [0, 0.1) is 11.3 Å². The molecular formula is C24H15N5O2. The lowest BCUT2D eigenvalue weighted by molar-refractivity contribution is 0.418. The van der Waals surface area contributed by atoms with Crippen molar-refractivity contribution < 1.29 is 9.47 Å². The predicted octanol–water partition coefficient (Wildman–Crippen LogP) is 5.48. The zero-order valence-corrected chi connectivity index (χ0v) is 16.2. The van der Waals surface area contributed by atoms with Gasteiger partial charge in [-0.2, -0.15) is 5.26 Å². The summed E-state index contributed by atoms with van der Waals surface area (Å²) >= 11 is 0. The monoisotopic (exact) mass is 405 g/mol. The highest BCUT2D eigenvalue weighted by Crippen LogP contribution is 2.38. The maximum Gasteiger partial charge on any atom is 0.172 e. The minimum atomic E-state index is 0.463. The summed E-state index contributed by atoms with van der Waals surface area (Å²) < 4.78 is 12.1. The van der Waals surface area contributed by atoms with Gasteiger partial charge < -0.3 is 14.5 Å². The van der Waals surface area contributed by atoms with Gasteiger partial charge in [-0.25, -0.2) is 4.98 Å². The van der Waals surface area contributed by atoms with Gasteiger partial charge >= 0.3 is 0 Å². The number of rotatable bonds is 5. The summed E-state index contributed by atoms with van der Waals surface area (Å²) in [5, 5.41) is 9.17. The summed E-state index contributed by atoms with van der Waals surface area (Å²) in [6, 6.07) is 21.9. The van der Waals surface area contributed by atoms with Gasteiger partial charge in [-0.05, 0) is 42.5 Å². The van der Waals surface area contributed by atoms with E-state index in [4.69, 9.17) is 9.47 Å². The molecule has 0 spiro atoms. The molecular weight excluding hydrogens is 390 g/mol. The molecule has 0 atom stereocenters. The smallest absolute Gasteiger partial charge is 0.172 e. The second kappa shape index (κ2) is 7.97. The van der Waals surface area contributed by atoms with E-state index in [1.807, 2.05) is 30.3 Å². The number of aromatic amines is 1. The van der Waals surface area contributed by atoms with E-state index in [2.05, 4.69) is 26.0 Å². The normalized spacial score (nSPS) is 10.5. The summed E-state index contributed by atoms with van der Waals surface area (Å²) in [5.41, 5.74) is 2.71. The fourth-order valence-corrected chi connectivity index (χ4v) is 3.09. The molecule has 0 aliphatic carbocycles. The molecule has 148 valence electrons. The molecule has 0 radical (unpaired) electrons. The second-order valence-electron chi connectivity index (χ2n) is 6.65. The van der Waals surface area contributed by atoms with Crippen molar-refractivity contribution in [3.63, 3.8) is 0 Å². The van der Waals surface area contributed by atoms with E-state index in [0.29, 0.717) is 39.9 Å². The molecule has 0 aliphatic heterocycles. The van der Waals surface area contributed by atoms with E-state index >= 15 is 0 Å². The number of hydrogen-bond donors (Lipinski definition) is 1. The van der Waals surface area contributed by atoms with Gasteiger partial charge in [-0.3, -0.25) is 9.97 Å². The summed E-state index contributed by atoms with van der Waals surface area (Å²) in [4.78, 5) is 16.4. The summed E-state index contributed by atoms with van der Waals surface area (Å²) in [5.74, 6) is 2.69. The Kier molecular flexibility index (Phi) is 4.71. The highest BCUT2D eigenvalue weighted by Gasteiger charge is 2.15. The van der Waals surface area contributed by atoms with Crippen LogP contribution in [0.4, 0.5) is 0 Å². The Morgan fingerprint density at radius 2 is 1.71 bits per heavy atom. The van der Waals surface area contributed by atoms with Crippen molar-refractivity contribution in [3.8, 4) is 40.6 Å². The van der Waals surface area contributed by atoms with Gasteiger partial charge in [0.25, 0.3) is 0 Å². The van der Waals surface area contributed by atoms with Crippen LogP contribution in [-0.2, 0) is 0 Å². The minimum Gasteiger partial charge on any atom is -0.453 e. The number of ether oxygens (including phenoxy) is 2. The van der Waals surface area contributed by atoms with E-state index in [1.54, 1.807) is 55.0 Å². The Labute approximate surface area is 177 Å². The molecule has 31 heavy (non-hydrogen) atoms. The highest BCUT2D eigenvalue weighted by atomic mass is 16.5. The molecule has 5 aromatic rings. The Balaban J connectivity index is 1.59. The first-order chi connectivity index (χ1) is 15.3. The molecule has 0 bridgehead atoms. The van der Waals surface area contributed by atoms with E-state index < -0.39 is 0 Å². The first kappa shape index (κ1) is 18.3. The number of hydrogen-bond acceptors (Lipinski definition) is 6. The highest BCUT2D eigenvalue weighted by molar-refractivity contribution is 5.83. The number of H-pyrrole nitrogens is 1. The Hall–Kier alpha value is -4.70. The number of nitrogens with one attached hydrogen (secondary N) is 1.